The van der Waals surface area contributed by atoms with Crippen molar-refractivity contribution in [2.24, 2.45) is 5.92 Å². The smallest absolute Gasteiger partial charge is 0.220 e. The molecule has 1 aliphatic heterocycles. The van der Waals surface area contributed by atoms with Crippen LogP contribution in [0.4, 0.5) is 0 Å². The number of hydrogen-bond donors (Lipinski definition) is 2. The van der Waals surface area contributed by atoms with E-state index in [9.17, 15) is 4.79 Å². The van der Waals surface area contributed by atoms with Gasteiger partial charge in [0, 0.05) is 25.6 Å². The number of amides is 1. The number of fused-ring (bicyclic) bond motifs is 1. The number of nitrogens with zero attached hydrogens (tertiary/aromatic N) is 3. The maximum atomic E-state index is 11.9. The molecule has 1 amide bonds. The van der Waals surface area contributed by atoms with Crippen LogP contribution in [-0.2, 0) is 11.2 Å². The molecular formula is C15H21N5O. The largest absolute Gasteiger partial charge is 0.356 e. The summed E-state index contributed by atoms with van der Waals surface area (Å²) in [6.07, 6.45) is 5.48. The lowest BCUT2D eigenvalue weighted by Gasteiger charge is -2.21. The van der Waals surface area contributed by atoms with Crippen molar-refractivity contribution in [2.75, 3.05) is 19.6 Å². The first-order chi connectivity index (χ1) is 10.3. The average molecular weight is 287 g/mol. The van der Waals surface area contributed by atoms with E-state index in [-0.39, 0.29) is 5.91 Å². The third-order valence-corrected chi connectivity index (χ3v) is 3.99. The Morgan fingerprint density at radius 3 is 3.05 bits per heavy atom. The van der Waals surface area contributed by atoms with Crippen molar-refractivity contribution < 1.29 is 4.79 Å². The highest BCUT2D eigenvalue weighted by Crippen LogP contribution is 2.15. The predicted molar refractivity (Wildman–Crippen MR) is 79.9 cm³/mol. The van der Waals surface area contributed by atoms with Gasteiger partial charge in [-0.25, -0.2) is 0 Å². The van der Waals surface area contributed by atoms with Crippen molar-refractivity contribution in [3.8, 4) is 0 Å². The summed E-state index contributed by atoms with van der Waals surface area (Å²) in [4.78, 5) is 11.9. The minimum Gasteiger partial charge on any atom is -0.356 e. The Balaban J connectivity index is 1.46. The fourth-order valence-corrected chi connectivity index (χ4v) is 2.80. The van der Waals surface area contributed by atoms with Crippen LogP contribution in [0.1, 0.15) is 25.1 Å². The molecule has 2 aromatic heterocycles. The van der Waals surface area contributed by atoms with Crippen molar-refractivity contribution in [1.29, 1.82) is 0 Å². The van der Waals surface area contributed by atoms with Crippen molar-refractivity contribution in [2.45, 2.75) is 25.7 Å². The first-order valence-corrected chi connectivity index (χ1v) is 7.59. The van der Waals surface area contributed by atoms with Crippen LogP contribution in [-0.4, -0.2) is 40.1 Å². The summed E-state index contributed by atoms with van der Waals surface area (Å²) in [7, 11) is 0. The van der Waals surface area contributed by atoms with Gasteiger partial charge in [-0.15, -0.1) is 10.2 Å². The summed E-state index contributed by atoms with van der Waals surface area (Å²) in [5.41, 5.74) is 0.841. The molecular weight excluding hydrogens is 266 g/mol. The molecule has 1 fully saturated rings. The zero-order chi connectivity index (χ0) is 14.5. The molecule has 3 heterocycles. The summed E-state index contributed by atoms with van der Waals surface area (Å²) in [5.74, 6) is 1.56. The lowest BCUT2D eigenvalue weighted by Crippen LogP contribution is -2.33. The van der Waals surface area contributed by atoms with E-state index in [1.807, 2.05) is 28.8 Å². The Morgan fingerprint density at radius 2 is 2.19 bits per heavy atom. The number of nitrogens with one attached hydrogen (secondary N) is 2. The molecule has 0 radical (unpaired) electrons. The second-order valence-corrected chi connectivity index (χ2v) is 5.54. The first-order valence-electron chi connectivity index (χ1n) is 7.59. The standard InChI is InChI=1S/C15H21N5O/c21-15(11-12-4-7-16-8-5-12)17-9-6-14-19-18-13-3-1-2-10-20(13)14/h1-3,10,12,16H,4-9,11H2,(H,17,21). The lowest BCUT2D eigenvalue weighted by molar-refractivity contribution is -0.122. The summed E-state index contributed by atoms with van der Waals surface area (Å²) < 4.78 is 1.96. The molecule has 2 aromatic rings. The summed E-state index contributed by atoms with van der Waals surface area (Å²) in [5, 5.41) is 14.6. The van der Waals surface area contributed by atoms with Crippen LogP contribution in [0.25, 0.3) is 5.65 Å². The number of carbonyl (C=O) groups is 1. The van der Waals surface area contributed by atoms with Gasteiger partial charge in [0.25, 0.3) is 0 Å². The molecule has 3 rings (SSSR count). The highest BCUT2D eigenvalue weighted by atomic mass is 16.1. The van der Waals surface area contributed by atoms with E-state index in [0.29, 0.717) is 25.3 Å². The fourth-order valence-electron chi connectivity index (χ4n) is 2.80. The molecule has 6 heteroatoms. The van der Waals surface area contributed by atoms with Gasteiger partial charge in [0.2, 0.25) is 5.91 Å². The van der Waals surface area contributed by atoms with E-state index in [2.05, 4.69) is 20.8 Å². The Morgan fingerprint density at radius 1 is 1.33 bits per heavy atom. The molecule has 0 spiro atoms. The lowest BCUT2D eigenvalue weighted by atomic mass is 9.94. The third kappa shape index (κ3) is 3.58. The van der Waals surface area contributed by atoms with Gasteiger partial charge >= 0.3 is 0 Å². The van der Waals surface area contributed by atoms with Crippen LogP contribution in [0.2, 0.25) is 0 Å². The quantitative estimate of drug-likeness (QED) is 0.852. The molecule has 2 N–H and O–H groups in total. The molecule has 0 unspecified atom stereocenters. The Kier molecular flexibility index (Phi) is 4.45. The number of piperidine rings is 1. The maximum absolute atomic E-state index is 11.9. The Bertz CT molecular complexity index is 603. The maximum Gasteiger partial charge on any atom is 0.220 e. The molecule has 0 saturated carbocycles. The SMILES string of the molecule is O=C(CC1CCNCC1)NCCc1nnc2ccccn12. The van der Waals surface area contributed by atoms with Crippen LogP contribution in [0.15, 0.2) is 24.4 Å². The van der Waals surface area contributed by atoms with E-state index in [0.717, 1.165) is 37.4 Å². The minimum atomic E-state index is 0.149. The first kappa shape index (κ1) is 14.0. The number of hydrogen-bond acceptors (Lipinski definition) is 4. The van der Waals surface area contributed by atoms with Crippen LogP contribution < -0.4 is 10.6 Å². The number of aromatic nitrogens is 3. The monoisotopic (exact) mass is 287 g/mol. The molecule has 1 aliphatic rings. The molecule has 0 aromatic carbocycles. The molecule has 21 heavy (non-hydrogen) atoms. The molecule has 0 atom stereocenters. The van der Waals surface area contributed by atoms with Gasteiger partial charge in [0.15, 0.2) is 5.65 Å². The van der Waals surface area contributed by atoms with Gasteiger partial charge in [-0.1, -0.05) is 6.07 Å². The second-order valence-electron chi connectivity index (χ2n) is 5.54. The van der Waals surface area contributed by atoms with Gasteiger partial charge in [0.1, 0.15) is 5.82 Å². The number of pyridine rings is 1. The van der Waals surface area contributed by atoms with Crippen molar-refractivity contribution in [3.05, 3.63) is 30.2 Å². The summed E-state index contributed by atoms with van der Waals surface area (Å²) in [6.45, 7) is 2.67. The molecule has 6 nitrogen and oxygen atoms in total. The van der Waals surface area contributed by atoms with Crippen LogP contribution in [0.3, 0.4) is 0 Å². The van der Waals surface area contributed by atoms with Gasteiger partial charge in [0.05, 0.1) is 0 Å². The van der Waals surface area contributed by atoms with Gasteiger partial charge in [-0.05, 0) is 44.0 Å². The normalized spacial score (nSPS) is 16.2. The van der Waals surface area contributed by atoms with Crippen LogP contribution in [0.5, 0.6) is 0 Å². The average Bonchev–Trinajstić information content (AvgIpc) is 2.92. The molecule has 0 bridgehead atoms. The molecule has 112 valence electrons. The van der Waals surface area contributed by atoms with Gasteiger partial charge in [-0.2, -0.15) is 0 Å². The topological polar surface area (TPSA) is 71.3 Å². The highest BCUT2D eigenvalue weighted by Gasteiger charge is 2.16. The summed E-state index contributed by atoms with van der Waals surface area (Å²) >= 11 is 0. The molecule has 1 saturated heterocycles. The van der Waals surface area contributed by atoms with Gasteiger partial charge < -0.3 is 10.6 Å². The van der Waals surface area contributed by atoms with Crippen molar-refractivity contribution in [3.63, 3.8) is 0 Å². The van der Waals surface area contributed by atoms with E-state index < -0.39 is 0 Å². The van der Waals surface area contributed by atoms with E-state index in [1.54, 1.807) is 0 Å². The molecule has 0 aliphatic carbocycles. The van der Waals surface area contributed by atoms with E-state index >= 15 is 0 Å². The minimum absolute atomic E-state index is 0.149. The zero-order valence-electron chi connectivity index (χ0n) is 12.1. The zero-order valence-corrected chi connectivity index (χ0v) is 12.1. The predicted octanol–water partition coefficient (Wildman–Crippen LogP) is 0.778. The van der Waals surface area contributed by atoms with Crippen molar-refractivity contribution >= 4 is 11.6 Å². The third-order valence-electron chi connectivity index (χ3n) is 3.99. The van der Waals surface area contributed by atoms with Gasteiger partial charge in [-0.3, -0.25) is 9.20 Å². The number of carbonyl (C=O) groups excluding carboxylic acids is 1. The van der Waals surface area contributed by atoms with E-state index in [4.69, 9.17) is 0 Å². The summed E-state index contributed by atoms with van der Waals surface area (Å²) in [6, 6.07) is 5.82. The van der Waals surface area contributed by atoms with Crippen LogP contribution >= 0.6 is 0 Å². The number of rotatable bonds is 5. The highest BCUT2D eigenvalue weighted by molar-refractivity contribution is 5.76. The van der Waals surface area contributed by atoms with E-state index in [1.165, 1.54) is 0 Å². The van der Waals surface area contributed by atoms with Crippen molar-refractivity contribution in [1.82, 2.24) is 25.2 Å². The Labute approximate surface area is 123 Å². The Hall–Kier alpha value is -1.95. The van der Waals surface area contributed by atoms with Crippen LogP contribution in [0, 0.1) is 5.92 Å². The second kappa shape index (κ2) is 6.67. The fraction of sp³-hybridized carbons (Fsp3) is 0.533.